The first kappa shape index (κ1) is 20.5. The highest BCUT2D eigenvalue weighted by Gasteiger charge is 2.34. The molecule has 2 nitrogen and oxygen atoms in total. The predicted octanol–water partition coefficient (Wildman–Crippen LogP) is 4.67. The number of piperazine rings is 1. The van der Waals surface area contributed by atoms with E-state index in [0.717, 1.165) is 25.6 Å². The van der Waals surface area contributed by atoms with Crippen molar-refractivity contribution in [2.24, 2.45) is 0 Å². The molecule has 0 bridgehead atoms. The number of halogens is 6. The van der Waals surface area contributed by atoms with Gasteiger partial charge in [0.2, 0.25) is 0 Å². The van der Waals surface area contributed by atoms with Gasteiger partial charge in [0.25, 0.3) is 0 Å². The fourth-order valence-corrected chi connectivity index (χ4v) is 3.05. The minimum Gasteiger partial charge on any atom is -0.314 e. The maximum absolute atomic E-state index is 14.4. The molecule has 0 radical (unpaired) electrons. The van der Waals surface area contributed by atoms with E-state index in [4.69, 9.17) is 11.6 Å². The van der Waals surface area contributed by atoms with Crippen molar-refractivity contribution in [3.8, 4) is 0 Å². The van der Waals surface area contributed by atoms with Crippen LogP contribution in [0.25, 0.3) is 0 Å². The largest absolute Gasteiger partial charge is 0.416 e. The number of rotatable bonds is 4. The smallest absolute Gasteiger partial charge is 0.314 e. The summed E-state index contributed by atoms with van der Waals surface area (Å²) in [6.45, 7) is 4.78. The summed E-state index contributed by atoms with van der Waals surface area (Å²) in [7, 11) is 0. The van der Waals surface area contributed by atoms with Crippen LogP contribution in [-0.4, -0.2) is 31.1 Å². The molecule has 1 saturated heterocycles. The number of hydrogen-bond acceptors (Lipinski definition) is 2. The van der Waals surface area contributed by atoms with Gasteiger partial charge >= 0.3 is 6.18 Å². The Morgan fingerprint density at radius 1 is 1.26 bits per heavy atom. The molecule has 1 aliphatic heterocycles. The predicted molar refractivity (Wildman–Crippen MR) is 85.8 cm³/mol. The molecule has 8 heteroatoms. The van der Waals surface area contributed by atoms with Crippen molar-refractivity contribution in [2.45, 2.75) is 32.0 Å². The molecule has 0 unspecified atom stereocenters. The fraction of sp³-hybridized carbons (Fsp3) is 0.600. The Labute approximate surface area is 144 Å². The molecule has 0 spiro atoms. The van der Waals surface area contributed by atoms with E-state index in [1.54, 1.807) is 0 Å². The van der Waals surface area contributed by atoms with Crippen LogP contribution in [0.15, 0.2) is 12.1 Å². The molecule has 1 N–H and O–H groups in total. The summed E-state index contributed by atoms with van der Waals surface area (Å²) in [5.41, 5.74) is -0.853. The molecule has 1 heterocycles. The van der Waals surface area contributed by atoms with Crippen LogP contribution in [0.4, 0.5) is 17.6 Å². The van der Waals surface area contributed by atoms with Crippen molar-refractivity contribution in [3.05, 3.63) is 34.1 Å². The van der Waals surface area contributed by atoms with E-state index in [9.17, 15) is 17.6 Å². The molecule has 0 saturated carbocycles. The number of hydrogen-bond donors (Lipinski definition) is 1. The summed E-state index contributed by atoms with van der Waals surface area (Å²) < 4.78 is 53.3. The SMILES string of the molecule is CCC[C@H](c1cc(C(F)(F)F)cc(Cl)c1F)N1CCNCC1.Cl. The summed E-state index contributed by atoms with van der Waals surface area (Å²) in [6, 6.07) is 1.18. The molecule has 0 aliphatic carbocycles. The van der Waals surface area contributed by atoms with E-state index in [1.807, 2.05) is 11.8 Å². The van der Waals surface area contributed by atoms with E-state index < -0.39 is 22.6 Å². The number of nitrogens with one attached hydrogen (secondary N) is 1. The Balaban J connectivity index is 0.00000264. The van der Waals surface area contributed by atoms with E-state index >= 15 is 0 Å². The molecule has 0 aromatic heterocycles. The summed E-state index contributed by atoms with van der Waals surface area (Å²) in [5.74, 6) is -0.744. The van der Waals surface area contributed by atoms with Gasteiger partial charge in [-0.05, 0) is 18.6 Å². The maximum atomic E-state index is 14.4. The Morgan fingerprint density at radius 2 is 1.87 bits per heavy atom. The van der Waals surface area contributed by atoms with Gasteiger partial charge in [0.1, 0.15) is 5.82 Å². The van der Waals surface area contributed by atoms with Gasteiger partial charge in [-0.2, -0.15) is 13.2 Å². The van der Waals surface area contributed by atoms with Gasteiger partial charge in [0, 0.05) is 37.8 Å². The van der Waals surface area contributed by atoms with Crippen molar-refractivity contribution in [1.82, 2.24) is 10.2 Å². The lowest BCUT2D eigenvalue weighted by atomic mass is 9.97. The zero-order valence-electron chi connectivity index (χ0n) is 12.7. The first-order valence-corrected chi connectivity index (χ1v) is 7.73. The lowest BCUT2D eigenvalue weighted by Crippen LogP contribution is -2.45. The number of benzene rings is 1. The van der Waals surface area contributed by atoms with Gasteiger partial charge in [0.15, 0.2) is 0 Å². The van der Waals surface area contributed by atoms with Crippen molar-refractivity contribution >= 4 is 24.0 Å². The van der Waals surface area contributed by atoms with Crippen molar-refractivity contribution in [2.75, 3.05) is 26.2 Å². The van der Waals surface area contributed by atoms with Crippen molar-refractivity contribution in [3.63, 3.8) is 0 Å². The highest BCUT2D eigenvalue weighted by atomic mass is 35.5. The Bertz CT molecular complexity index is 517. The minimum absolute atomic E-state index is 0. The second kappa shape index (κ2) is 8.51. The molecule has 1 aromatic rings. The average Bonchev–Trinajstić information content (AvgIpc) is 2.47. The summed E-state index contributed by atoms with van der Waals surface area (Å²) in [5, 5.41) is 2.71. The van der Waals surface area contributed by atoms with E-state index in [1.165, 1.54) is 0 Å². The normalized spacial score (nSPS) is 17.7. The first-order valence-electron chi connectivity index (χ1n) is 7.35. The van der Waals surface area contributed by atoms with Gasteiger partial charge in [-0.1, -0.05) is 24.9 Å². The highest BCUT2D eigenvalue weighted by Crippen LogP contribution is 2.37. The topological polar surface area (TPSA) is 15.3 Å². The monoisotopic (exact) mass is 374 g/mol. The molecule has 1 aromatic carbocycles. The zero-order valence-corrected chi connectivity index (χ0v) is 14.3. The van der Waals surface area contributed by atoms with Crippen LogP contribution in [0.2, 0.25) is 5.02 Å². The number of alkyl halides is 3. The minimum atomic E-state index is -4.54. The van der Waals surface area contributed by atoms with Crippen LogP contribution < -0.4 is 5.32 Å². The van der Waals surface area contributed by atoms with Gasteiger partial charge < -0.3 is 5.32 Å². The molecular formula is C15H20Cl2F4N2. The van der Waals surface area contributed by atoms with E-state index in [0.29, 0.717) is 25.6 Å². The first-order chi connectivity index (χ1) is 10.3. The Hall–Kier alpha value is -0.560. The maximum Gasteiger partial charge on any atom is 0.416 e. The number of nitrogens with zero attached hydrogens (tertiary/aromatic N) is 1. The average molecular weight is 375 g/mol. The van der Waals surface area contributed by atoms with Crippen LogP contribution in [0.1, 0.15) is 36.9 Å². The van der Waals surface area contributed by atoms with Crippen LogP contribution in [0, 0.1) is 5.82 Å². The molecule has 1 atom stereocenters. The fourth-order valence-electron chi connectivity index (χ4n) is 2.82. The van der Waals surface area contributed by atoms with Crippen LogP contribution >= 0.6 is 24.0 Å². The van der Waals surface area contributed by atoms with Crippen LogP contribution in [0.3, 0.4) is 0 Å². The third-order valence-electron chi connectivity index (χ3n) is 3.90. The van der Waals surface area contributed by atoms with E-state index in [-0.39, 0.29) is 24.0 Å². The summed E-state index contributed by atoms with van der Waals surface area (Å²) >= 11 is 5.70. The second-order valence-electron chi connectivity index (χ2n) is 5.45. The molecule has 23 heavy (non-hydrogen) atoms. The van der Waals surface area contributed by atoms with Crippen LogP contribution in [-0.2, 0) is 6.18 Å². The van der Waals surface area contributed by atoms with Gasteiger partial charge in [-0.15, -0.1) is 12.4 Å². The highest BCUT2D eigenvalue weighted by molar-refractivity contribution is 6.30. The summed E-state index contributed by atoms with van der Waals surface area (Å²) in [4.78, 5) is 2.02. The Kier molecular flexibility index (Phi) is 7.58. The molecule has 1 aliphatic rings. The summed E-state index contributed by atoms with van der Waals surface area (Å²) in [6.07, 6.45) is -3.19. The van der Waals surface area contributed by atoms with Gasteiger partial charge in [-0.3, -0.25) is 4.90 Å². The quantitative estimate of drug-likeness (QED) is 0.770. The van der Waals surface area contributed by atoms with Crippen LogP contribution in [0.5, 0.6) is 0 Å². The molecule has 2 rings (SSSR count). The molecule has 132 valence electrons. The van der Waals surface area contributed by atoms with Crippen molar-refractivity contribution in [1.29, 1.82) is 0 Å². The van der Waals surface area contributed by atoms with Gasteiger partial charge in [-0.25, -0.2) is 4.39 Å². The molecular weight excluding hydrogens is 355 g/mol. The van der Waals surface area contributed by atoms with Gasteiger partial charge in [0.05, 0.1) is 10.6 Å². The molecule has 0 amide bonds. The lowest BCUT2D eigenvalue weighted by Gasteiger charge is -2.35. The molecule has 1 fully saturated rings. The van der Waals surface area contributed by atoms with E-state index in [2.05, 4.69) is 5.32 Å². The Morgan fingerprint density at radius 3 is 2.39 bits per heavy atom. The van der Waals surface area contributed by atoms with Crippen molar-refractivity contribution < 1.29 is 17.6 Å². The standard InChI is InChI=1S/C15H19ClF4N2.ClH/c1-2-3-13(22-6-4-21-5-7-22)11-8-10(15(18,19)20)9-12(16)14(11)17;/h8-9,13,21H,2-7H2,1H3;1H/t13-;/m1./s1. The third-order valence-corrected chi connectivity index (χ3v) is 4.17. The third kappa shape index (κ3) is 4.95. The second-order valence-corrected chi connectivity index (χ2v) is 5.86. The lowest BCUT2D eigenvalue weighted by molar-refractivity contribution is -0.137. The zero-order chi connectivity index (χ0) is 16.3.